The Kier molecular flexibility index (Phi) is 12.5. The van der Waals surface area contributed by atoms with Crippen LogP contribution in [0.4, 0.5) is 8.78 Å². The summed E-state index contributed by atoms with van der Waals surface area (Å²) in [6.07, 6.45) is 1.16. The van der Waals surface area contributed by atoms with Gasteiger partial charge in [-0.2, -0.15) is 0 Å². The lowest BCUT2D eigenvalue weighted by atomic mass is 10.4. The second-order valence-corrected chi connectivity index (χ2v) is 4.05. The zero-order valence-corrected chi connectivity index (χ0v) is 14.9. The van der Waals surface area contributed by atoms with Crippen LogP contribution in [0, 0.1) is 0 Å². The lowest BCUT2D eigenvalue weighted by molar-refractivity contribution is -0.286. The molecule has 2 aromatic rings. The van der Waals surface area contributed by atoms with Gasteiger partial charge in [-0.15, -0.1) is 8.78 Å². The van der Waals surface area contributed by atoms with Crippen LogP contribution in [-0.2, 0) is 4.79 Å². The van der Waals surface area contributed by atoms with E-state index in [0.717, 1.165) is 0 Å². The lowest BCUT2D eigenvalue weighted by Crippen LogP contribution is -2.26. The van der Waals surface area contributed by atoms with Crippen LogP contribution in [0.1, 0.15) is 13.8 Å². The smallest absolute Gasteiger partial charge is 0.395 e. The number of carbonyl (C=O) groups excluding carboxylic acids is 1. The molecule has 3 rings (SSSR count). The number of fused-ring (bicyclic) bond motifs is 1. The summed E-state index contributed by atoms with van der Waals surface area (Å²) in [4.78, 5) is 15.4. The number of carbonyl (C=O) groups is 1. The molecule has 142 valence electrons. The van der Waals surface area contributed by atoms with Crippen molar-refractivity contribution in [3.63, 3.8) is 0 Å². The zero-order chi connectivity index (χ0) is 19.7. The minimum absolute atomic E-state index is 0.0377. The molecule has 0 saturated heterocycles. The SMILES string of the molecule is CC.CNC=O.FC1(F)Oc2ccnc[nH]ccc2O1.c1ccccc1. The topological polar surface area (TPSA) is 76.2 Å². The number of nitrogens with zero attached hydrogens (tertiary/aromatic N) is 1. The van der Waals surface area contributed by atoms with E-state index < -0.39 is 6.29 Å². The Balaban J connectivity index is 0.000000432. The average Bonchev–Trinajstić information content (AvgIpc) is 3.02. The van der Waals surface area contributed by atoms with Gasteiger partial charge in [0.1, 0.15) is 0 Å². The Labute approximate surface area is 151 Å². The molecule has 6 nitrogen and oxygen atoms in total. The molecular weight excluding hydrogens is 344 g/mol. The third-order valence-corrected chi connectivity index (χ3v) is 2.28. The van der Waals surface area contributed by atoms with E-state index in [0.29, 0.717) is 6.41 Å². The normalized spacial score (nSPS) is 11.6. The second kappa shape index (κ2) is 14.2. The lowest BCUT2D eigenvalue weighted by Gasteiger charge is -2.04. The van der Waals surface area contributed by atoms with Crippen molar-refractivity contribution in [2.24, 2.45) is 0 Å². The van der Waals surface area contributed by atoms with Gasteiger partial charge in [0, 0.05) is 31.6 Å². The fraction of sp³-hybridized carbons (Fsp3) is 0.222. The molecule has 1 aromatic heterocycles. The summed E-state index contributed by atoms with van der Waals surface area (Å²) in [5.41, 5.74) is 0. The maximum atomic E-state index is 12.6. The Morgan fingerprint density at radius 3 is 1.96 bits per heavy atom. The van der Waals surface area contributed by atoms with Gasteiger partial charge in [0.25, 0.3) is 0 Å². The first-order chi connectivity index (χ1) is 12.6. The molecule has 1 aromatic carbocycles. The van der Waals surface area contributed by atoms with E-state index in [-0.39, 0.29) is 11.5 Å². The third-order valence-electron chi connectivity index (χ3n) is 2.28. The molecule has 1 aliphatic heterocycles. The van der Waals surface area contributed by atoms with Crippen molar-refractivity contribution >= 4 is 6.41 Å². The number of amides is 1. The van der Waals surface area contributed by atoms with Gasteiger partial charge in [-0.1, -0.05) is 50.2 Å². The van der Waals surface area contributed by atoms with Gasteiger partial charge in [0.05, 0.1) is 6.33 Å². The van der Waals surface area contributed by atoms with E-state index in [2.05, 4.69) is 24.8 Å². The maximum absolute atomic E-state index is 12.6. The quantitative estimate of drug-likeness (QED) is 0.749. The fourth-order valence-electron chi connectivity index (χ4n) is 1.36. The Bertz CT molecular complexity index is 591. The van der Waals surface area contributed by atoms with Crippen molar-refractivity contribution in [2.75, 3.05) is 7.05 Å². The number of aromatic nitrogens is 2. The summed E-state index contributed by atoms with van der Waals surface area (Å²) in [6.45, 7) is 4.00. The highest BCUT2D eigenvalue weighted by atomic mass is 19.3. The van der Waals surface area contributed by atoms with Gasteiger partial charge in [0.15, 0.2) is 11.5 Å². The second-order valence-electron chi connectivity index (χ2n) is 4.05. The van der Waals surface area contributed by atoms with Crippen LogP contribution >= 0.6 is 0 Å². The first-order valence-electron chi connectivity index (χ1n) is 7.81. The molecule has 26 heavy (non-hydrogen) atoms. The van der Waals surface area contributed by atoms with Crippen LogP contribution in [0.15, 0.2) is 67.3 Å². The number of benzene rings is 1. The summed E-state index contributed by atoms with van der Waals surface area (Å²) in [5.74, 6) is -0.0867. The van der Waals surface area contributed by atoms with Gasteiger partial charge < -0.3 is 19.8 Å². The van der Waals surface area contributed by atoms with Gasteiger partial charge in [-0.3, -0.25) is 4.79 Å². The molecule has 0 aliphatic carbocycles. The van der Waals surface area contributed by atoms with Crippen molar-refractivity contribution in [2.45, 2.75) is 20.1 Å². The molecule has 1 aliphatic rings. The van der Waals surface area contributed by atoms with Gasteiger partial charge in [-0.25, -0.2) is 4.98 Å². The molecule has 0 unspecified atom stereocenters. The number of rotatable bonds is 1. The number of halogens is 2. The number of ether oxygens (including phenoxy) is 2. The highest BCUT2D eigenvalue weighted by molar-refractivity contribution is 5.44. The number of hydrogen-bond acceptors (Lipinski definition) is 4. The van der Waals surface area contributed by atoms with Crippen LogP contribution in [0.25, 0.3) is 0 Å². The zero-order valence-electron chi connectivity index (χ0n) is 14.9. The first-order valence-corrected chi connectivity index (χ1v) is 7.81. The molecule has 0 radical (unpaired) electrons. The monoisotopic (exact) mass is 367 g/mol. The van der Waals surface area contributed by atoms with E-state index in [1.807, 2.05) is 50.2 Å². The van der Waals surface area contributed by atoms with Crippen LogP contribution in [0.3, 0.4) is 0 Å². The summed E-state index contributed by atoms with van der Waals surface area (Å²) in [7, 11) is 1.56. The molecule has 8 heteroatoms. The fourth-order valence-corrected chi connectivity index (χ4v) is 1.36. The van der Waals surface area contributed by atoms with Gasteiger partial charge >= 0.3 is 6.29 Å². The van der Waals surface area contributed by atoms with Crippen LogP contribution in [0.5, 0.6) is 11.5 Å². The molecule has 0 atom stereocenters. The molecule has 0 saturated carbocycles. The number of nitrogens with one attached hydrogen (secondary N) is 2. The molecular formula is C18H23F2N3O3. The number of hydrogen-bond donors (Lipinski definition) is 2. The summed E-state index contributed by atoms with van der Waals surface area (Å²) in [6, 6.07) is 14.6. The van der Waals surface area contributed by atoms with Crippen molar-refractivity contribution in [1.29, 1.82) is 0 Å². The minimum Gasteiger partial charge on any atom is -0.395 e. The van der Waals surface area contributed by atoms with Crippen molar-refractivity contribution in [3.8, 4) is 11.5 Å². The molecule has 2 heterocycles. The van der Waals surface area contributed by atoms with Crippen LogP contribution in [-0.4, -0.2) is 29.7 Å². The predicted molar refractivity (Wildman–Crippen MR) is 95.3 cm³/mol. The van der Waals surface area contributed by atoms with E-state index in [9.17, 15) is 8.78 Å². The third kappa shape index (κ3) is 10.6. The Hall–Kier alpha value is -3.16. The molecule has 0 bridgehead atoms. The van der Waals surface area contributed by atoms with Crippen molar-refractivity contribution in [3.05, 3.63) is 67.3 Å². The van der Waals surface area contributed by atoms with E-state index in [1.54, 1.807) is 7.05 Å². The number of alkyl halides is 2. The van der Waals surface area contributed by atoms with E-state index >= 15 is 0 Å². The average molecular weight is 367 g/mol. The molecule has 2 N–H and O–H groups in total. The van der Waals surface area contributed by atoms with E-state index in [4.69, 9.17) is 4.79 Å². The van der Waals surface area contributed by atoms with Gasteiger partial charge in [0.2, 0.25) is 6.41 Å². The first kappa shape index (κ1) is 22.8. The molecule has 0 fully saturated rings. The summed E-state index contributed by atoms with van der Waals surface area (Å²) in [5, 5.41) is 2.25. The number of H-pyrrole nitrogens is 1. The molecule has 1 amide bonds. The minimum atomic E-state index is -3.59. The predicted octanol–water partition coefficient (Wildman–Crippen LogP) is 3.93. The van der Waals surface area contributed by atoms with E-state index in [1.165, 1.54) is 30.9 Å². The molecule has 0 spiro atoms. The van der Waals surface area contributed by atoms with Crippen LogP contribution < -0.4 is 14.8 Å². The standard InChI is InChI=1S/C8H6F2N2O2.C6H6.C2H5NO.C2H6/c9-8(10)13-6-1-3-11-5-12-4-2-7(6)14-8;1-2-4-6-5-3-1;1-3-2-4;1-2/h1-5H,(H,11,12);1-6H;2H,1H3,(H,3,4);1-2H3. The summed E-state index contributed by atoms with van der Waals surface area (Å²) >= 11 is 0. The van der Waals surface area contributed by atoms with Gasteiger partial charge in [-0.05, 0) is 0 Å². The highest BCUT2D eigenvalue weighted by Gasteiger charge is 2.42. The summed E-state index contributed by atoms with van der Waals surface area (Å²) < 4.78 is 33.7. The highest BCUT2D eigenvalue weighted by Crippen LogP contribution is 2.38. The Morgan fingerprint density at radius 2 is 1.50 bits per heavy atom. The maximum Gasteiger partial charge on any atom is 0.586 e. The Morgan fingerprint density at radius 1 is 1.04 bits per heavy atom. The largest absolute Gasteiger partial charge is 0.586 e. The van der Waals surface area contributed by atoms with Crippen molar-refractivity contribution < 1.29 is 23.0 Å². The van der Waals surface area contributed by atoms with Crippen molar-refractivity contribution in [1.82, 2.24) is 15.3 Å². The number of aromatic amines is 1. The van der Waals surface area contributed by atoms with Crippen LogP contribution in [0.2, 0.25) is 0 Å².